The number of nitrogens with one attached hydrogen (secondary N) is 2. The Labute approximate surface area is 177 Å². The molecule has 0 amide bonds. The summed E-state index contributed by atoms with van der Waals surface area (Å²) in [4.78, 5) is 0. The Morgan fingerprint density at radius 2 is 2.07 bits per heavy atom. The average molecular weight is 500 g/mol. The zero-order valence-corrected chi connectivity index (χ0v) is 17.6. The van der Waals surface area contributed by atoms with Crippen LogP contribution in [0.2, 0.25) is 5.02 Å². The van der Waals surface area contributed by atoms with E-state index in [-0.39, 0.29) is 15.4 Å². The molecular formula is C17H16BrClF4N4S. The highest BCUT2D eigenvalue weighted by Gasteiger charge is 2.41. The number of thiocarbonyl (C=S) groups is 1. The normalized spacial score (nSPS) is 14.2. The third kappa shape index (κ3) is 5.15. The maximum Gasteiger partial charge on any atom is 0.436 e. The van der Waals surface area contributed by atoms with Gasteiger partial charge >= 0.3 is 6.18 Å². The van der Waals surface area contributed by atoms with Gasteiger partial charge in [-0.05, 0) is 65.6 Å². The topological polar surface area (TPSA) is 41.9 Å². The van der Waals surface area contributed by atoms with Crippen LogP contribution in [0.25, 0.3) is 0 Å². The van der Waals surface area contributed by atoms with Crippen LogP contribution in [0.5, 0.6) is 0 Å². The number of nitrogens with zero attached hydrogens (tertiary/aromatic N) is 2. The van der Waals surface area contributed by atoms with Crippen LogP contribution in [0.3, 0.4) is 0 Å². The molecule has 1 aliphatic rings. The molecule has 0 unspecified atom stereocenters. The molecule has 2 aromatic rings. The second-order valence-electron chi connectivity index (χ2n) is 6.41. The van der Waals surface area contributed by atoms with E-state index in [0.29, 0.717) is 36.0 Å². The third-order valence-electron chi connectivity index (χ3n) is 4.17. The maximum atomic E-state index is 13.2. The first-order valence-electron chi connectivity index (χ1n) is 8.50. The van der Waals surface area contributed by atoms with Gasteiger partial charge in [0.15, 0.2) is 10.8 Å². The lowest BCUT2D eigenvalue weighted by Crippen LogP contribution is -2.30. The first kappa shape index (κ1) is 21.3. The number of anilines is 1. The molecule has 0 aliphatic heterocycles. The van der Waals surface area contributed by atoms with E-state index >= 15 is 0 Å². The number of hydrogen-bond acceptors (Lipinski definition) is 2. The van der Waals surface area contributed by atoms with Gasteiger partial charge in [-0.15, -0.1) is 0 Å². The Bertz CT molecular complexity index is 883. The Morgan fingerprint density at radius 3 is 2.68 bits per heavy atom. The van der Waals surface area contributed by atoms with E-state index < -0.39 is 17.7 Å². The fraction of sp³-hybridized carbons (Fsp3) is 0.412. The molecule has 28 heavy (non-hydrogen) atoms. The summed E-state index contributed by atoms with van der Waals surface area (Å²) in [6.07, 6.45) is -2.23. The number of halogens is 6. The van der Waals surface area contributed by atoms with Crippen LogP contribution in [0.4, 0.5) is 23.2 Å². The van der Waals surface area contributed by atoms with Crippen molar-refractivity contribution in [3.05, 3.63) is 44.9 Å². The van der Waals surface area contributed by atoms with Crippen LogP contribution < -0.4 is 10.6 Å². The summed E-state index contributed by atoms with van der Waals surface area (Å²) in [7, 11) is 0. The Balaban J connectivity index is 1.53. The molecule has 3 rings (SSSR count). The minimum atomic E-state index is -4.49. The first-order chi connectivity index (χ1) is 13.2. The smallest absolute Gasteiger partial charge is 0.362 e. The van der Waals surface area contributed by atoms with E-state index in [1.165, 1.54) is 22.9 Å². The van der Waals surface area contributed by atoms with Gasteiger partial charge in [0.1, 0.15) is 5.82 Å². The van der Waals surface area contributed by atoms with Crippen LogP contribution in [0, 0.1) is 5.82 Å². The Hall–Kier alpha value is -1.39. The van der Waals surface area contributed by atoms with E-state index in [9.17, 15) is 17.6 Å². The summed E-state index contributed by atoms with van der Waals surface area (Å²) in [6.45, 7) is 0.766. The van der Waals surface area contributed by atoms with Crippen molar-refractivity contribution in [2.24, 2.45) is 0 Å². The molecule has 1 fully saturated rings. The fourth-order valence-corrected chi connectivity index (χ4v) is 3.96. The predicted molar refractivity (Wildman–Crippen MR) is 107 cm³/mol. The number of benzene rings is 1. The number of hydrogen-bond donors (Lipinski definition) is 2. The molecular weight excluding hydrogens is 484 g/mol. The van der Waals surface area contributed by atoms with Crippen molar-refractivity contribution in [1.82, 2.24) is 15.1 Å². The van der Waals surface area contributed by atoms with Crippen molar-refractivity contribution in [2.75, 3.05) is 11.9 Å². The van der Waals surface area contributed by atoms with Crippen molar-refractivity contribution in [1.29, 1.82) is 0 Å². The van der Waals surface area contributed by atoms with Crippen molar-refractivity contribution in [3.8, 4) is 0 Å². The van der Waals surface area contributed by atoms with Crippen LogP contribution >= 0.6 is 39.7 Å². The van der Waals surface area contributed by atoms with Gasteiger partial charge in [0.25, 0.3) is 0 Å². The zero-order chi connectivity index (χ0) is 20.5. The Morgan fingerprint density at radius 1 is 1.36 bits per heavy atom. The molecule has 1 aliphatic carbocycles. The zero-order valence-electron chi connectivity index (χ0n) is 14.4. The standard InChI is InChI=1S/C17H16BrClF4N4S/c18-13-14(9-2-3-9)27(26-15(13)17(21,22)23)7-1-6-24-16(28)25-10-4-5-12(20)11(19)8-10/h4-5,8-9H,1-3,6-7H2,(H2,24,25,28). The van der Waals surface area contributed by atoms with Gasteiger partial charge < -0.3 is 10.6 Å². The molecule has 2 N–H and O–H groups in total. The molecule has 0 bridgehead atoms. The number of aromatic nitrogens is 2. The molecule has 152 valence electrons. The maximum absolute atomic E-state index is 13.2. The molecule has 1 aromatic heterocycles. The van der Waals surface area contributed by atoms with E-state index in [1.54, 1.807) is 0 Å². The van der Waals surface area contributed by atoms with Gasteiger partial charge in [-0.25, -0.2) is 4.39 Å². The highest BCUT2D eigenvalue weighted by Crippen LogP contribution is 2.47. The lowest BCUT2D eigenvalue weighted by atomic mass is 10.2. The monoisotopic (exact) mass is 498 g/mol. The highest BCUT2D eigenvalue weighted by molar-refractivity contribution is 9.10. The summed E-state index contributed by atoms with van der Waals surface area (Å²) in [5.41, 5.74) is 0.257. The number of aryl methyl sites for hydroxylation is 1. The van der Waals surface area contributed by atoms with Crippen LogP contribution in [-0.2, 0) is 12.7 Å². The largest absolute Gasteiger partial charge is 0.436 e. The Kier molecular flexibility index (Phi) is 6.51. The van der Waals surface area contributed by atoms with Gasteiger partial charge in [-0.3, -0.25) is 4.68 Å². The molecule has 0 radical (unpaired) electrons. The molecule has 1 heterocycles. The number of rotatable bonds is 6. The quantitative estimate of drug-likeness (QED) is 0.303. The molecule has 1 aromatic carbocycles. The average Bonchev–Trinajstić information content (AvgIpc) is 3.37. The van der Waals surface area contributed by atoms with Crippen molar-refractivity contribution < 1.29 is 17.6 Å². The van der Waals surface area contributed by atoms with Crippen LogP contribution in [0.15, 0.2) is 22.7 Å². The second kappa shape index (κ2) is 8.54. The molecule has 4 nitrogen and oxygen atoms in total. The van der Waals surface area contributed by atoms with Gasteiger partial charge in [-0.1, -0.05) is 11.6 Å². The SMILES string of the molecule is Fc1ccc(NC(=S)NCCCn2nc(C(F)(F)F)c(Br)c2C2CC2)cc1Cl. The van der Waals surface area contributed by atoms with Crippen LogP contribution in [0.1, 0.15) is 36.6 Å². The first-order valence-corrected chi connectivity index (χ1v) is 10.1. The molecule has 11 heteroatoms. The van der Waals surface area contributed by atoms with Gasteiger partial charge in [0, 0.05) is 24.7 Å². The van der Waals surface area contributed by atoms with E-state index in [2.05, 4.69) is 31.7 Å². The molecule has 0 atom stereocenters. The van der Waals surface area contributed by atoms with Gasteiger partial charge in [-0.2, -0.15) is 18.3 Å². The predicted octanol–water partition coefficient (Wildman–Crippen LogP) is 5.71. The third-order valence-corrected chi connectivity index (χ3v) is 5.49. The van der Waals surface area contributed by atoms with Gasteiger partial charge in [0.2, 0.25) is 0 Å². The van der Waals surface area contributed by atoms with Crippen molar-refractivity contribution in [2.45, 2.75) is 37.9 Å². The lowest BCUT2D eigenvalue weighted by molar-refractivity contribution is -0.142. The molecule has 1 saturated carbocycles. The number of alkyl halides is 3. The van der Waals surface area contributed by atoms with Crippen molar-refractivity contribution >= 4 is 50.5 Å². The lowest BCUT2D eigenvalue weighted by Gasteiger charge is -2.12. The van der Waals surface area contributed by atoms with Crippen LogP contribution in [-0.4, -0.2) is 21.4 Å². The van der Waals surface area contributed by atoms with Crippen molar-refractivity contribution in [3.63, 3.8) is 0 Å². The summed E-state index contributed by atoms with van der Waals surface area (Å²) < 4.78 is 53.9. The minimum absolute atomic E-state index is 0.0230. The summed E-state index contributed by atoms with van der Waals surface area (Å²) >= 11 is 13.9. The summed E-state index contributed by atoms with van der Waals surface area (Å²) in [5, 5.41) is 9.88. The fourth-order valence-electron chi connectivity index (χ4n) is 2.73. The summed E-state index contributed by atoms with van der Waals surface area (Å²) in [6, 6.07) is 4.13. The minimum Gasteiger partial charge on any atom is -0.362 e. The van der Waals surface area contributed by atoms with Gasteiger partial charge in [0.05, 0.1) is 15.2 Å². The van der Waals surface area contributed by atoms with E-state index in [1.807, 2.05) is 0 Å². The molecule has 0 spiro atoms. The molecule has 0 saturated heterocycles. The van der Waals surface area contributed by atoms with E-state index in [0.717, 1.165) is 12.8 Å². The summed E-state index contributed by atoms with van der Waals surface area (Å²) in [5.74, 6) is -0.405. The second-order valence-corrected chi connectivity index (χ2v) is 8.01. The highest BCUT2D eigenvalue weighted by atomic mass is 79.9. The van der Waals surface area contributed by atoms with E-state index in [4.69, 9.17) is 23.8 Å².